The molecular formula is C17H18N2. The van der Waals surface area contributed by atoms with Gasteiger partial charge in [0.15, 0.2) is 0 Å². The molecule has 0 aliphatic carbocycles. The lowest BCUT2D eigenvalue weighted by molar-refractivity contribution is -0.424. The van der Waals surface area contributed by atoms with E-state index in [1.807, 2.05) is 0 Å². The molecule has 19 heavy (non-hydrogen) atoms. The fourth-order valence-corrected chi connectivity index (χ4v) is 2.53. The van der Waals surface area contributed by atoms with E-state index in [9.17, 15) is 0 Å². The van der Waals surface area contributed by atoms with E-state index >= 15 is 0 Å². The third kappa shape index (κ3) is 2.26. The molecule has 2 aromatic carbocycles. The first-order valence-electron chi connectivity index (χ1n) is 6.68. The molecule has 0 spiro atoms. The quantitative estimate of drug-likeness (QED) is 0.585. The Hall–Kier alpha value is -2.09. The molecule has 0 atom stereocenters. The normalized spacial score (nSPS) is 14.6. The van der Waals surface area contributed by atoms with Crippen molar-refractivity contribution in [2.24, 2.45) is 0 Å². The molecule has 1 aliphatic heterocycles. The summed E-state index contributed by atoms with van der Waals surface area (Å²) in [6.07, 6.45) is 3.47. The van der Waals surface area contributed by atoms with Gasteiger partial charge in [-0.05, 0) is 13.8 Å². The Morgan fingerprint density at radius 1 is 0.947 bits per heavy atom. The summed E-state index contributed by atoms with van der Waals surface area (Å²) in [5, 5.41) is 0. The molecule has 0 amide bonds. The van der Waals surface area contributed by atoms with Crippen LogP contribution in [-0.4, -0.2) is 24.0 Å². The van der Waals surface area contributed by atoms with E-state index in [1.54, 1.807) is 0 Å². The number of benzene rings is 2. The fraction of sp³-hybridized carbons (Fsp3) is 0.235. The molecule has 2 heteroatoms. The predicted molar refractivity (Wildman–Crippen MR) is 79.5 cm³/mol. The number of hydrogen-bond acceptors (Lipinski definition) is 1. The number of para-hydroxylation sites is 2. The van der Waals surface area contributed by atoms with Crippen LogP contribution in [0, 0.1) is 13.8 Å². The first kappa shape index (κ1) is 12.0. The Labute approximate surface area is 114 Å². The van der Waals surface area contributed by atoms with Crippen LogP contribution in [0.4, 0.5) is 11.4 Å². The highest BCUT2D eigenvalue weighted by Gasteiger charge is 2.17. The van der Waals surface area contributed by atoms with Gasteiger partial charge in [0.05, 0.1) is 0 Å². The van der Waals surface area contributed by atoms with Gasteiger partial charge in [0.25, 0.3) is 0 Å². The molecule has 0 bridgehead atoms. The summed E-state index contributed by atoms with van der Waals surface area (Å²) in [6.45, 7) is 6.26. The second-order valence-corrected chi connectivity index (χ2v) is 4.98. The topological polar surface area (TPSA) is 6.25 Å². The van der Waals surface area contributed by atoms with Crippen LogP contribution in [0.3, 0.4) is 0 Å². The molecule has 2 nitrogen and oxygen atoms in total. The van der Waals surface area contributed by atoms with Gasteiger partial charge in [0, 0.05) is 11.4 Å². The summed E-state index contributed by atoms with van der Waals surface area (Å²) in [6, 6.07) is 16.9. The largest absolute Gasteiger partial charge is 0.333 e. The van der Waals surface area contributed by atoms with Crippen molar-refractivity contribution in [3.05, 3.63) is 59.7 Å². The van der Waals surface area contributed by atoms with Crippen LogP contribution in [-0.2, 0) is 0 Å². The maximum absolute atomic E-state index is 3.47. The van der Waals surface area contributed by atoms with Gasteiger partial charge in [-0.15, -0.1) is 0 Å². The van der Waals surface area contributed by atoms with Crippen molar-refractivity contribution in [2.75, 3.05) is 18.0 Å². The number of hydrogen-bond donors (Lipinski definition) is 0. The molecule has 0 radical (unpaired) electrons. The third-order valence-corrected chi connectivity index (χ3v) is 3.60. The van der Waals surface area contributed by atoms with Gasteiger partial charge >= 0.3 is 0 Å². The highest BCUT2D eigenvalue weighted by Crippen LogP contribution is 2.23. The number of rotatable bonds is 2. The fourth-order valence-electron chi connectivity index (χ4n) is 2.53. The van der Waals surface area contributed by atoms with Gasteiger partial charge in [-0.25, -0.2) is 0 Å². The number of anilines is 1. The lowest BCUT2D eigenvalue weighted by atomic mass is 10.2. The summed E-state index contributed by atoms with van der Waals surface area (Å²) in [7, 11) is 0. The maximum atomic E-state index is 3.47. The van der Waals surface area contributed by atoms with E-state index in [1.165, 1.54) is 22.5 Å². The van der Waals surface area contributed by atoms with E-state index < -0.39 is 0 Å². The van der Waals surface area contributed by atoms with Crippen molar-refractivity contribution in [2.45, 2.75) is 13.8 Å². The summed E-state index contributed by atoms with van der Waals surface area (Å²) >= 11 is 0. The summed E-state index contributed by atoms with van der Waals surface area (Å²) < 4.78 is 2.21. The van der Waals surface area contributed by atoms with E-state index in [0.29, 0.717) is 0 Å². The zero-order valence-corrected chi connectivity index (χ0v) is 11.4. The lowest BCUT2D eigenvalue weighted by Crippen LogP contribution is -2.18. The van der Waals surface area contributed by atoms with Crippen molar-refractivity contribution < 1.29 is 4.58 Å². The van der Waals surface area contributed by atoms with Crippen LogP contribution in [0.15, 0.2) is 48.5 Å². The zero-order chi connectivity index (χ0) is 13.2. The van der Waals surface area contributed by atoms with Gasteiger partial charge in [0.2, 0.25) is 6.34 Å². The zero-order valence-electron chi connectivity index (χ0n) is 11.4. The van der Waals surface area contributed by atoms with Crippen molar-refractivity contribution in [1.82, 2.24) is 0 Å². The average molecular weight is 250 g/mol. The summed E-state index contributed by atoms with van der Waals surface area (Å²) in [5.74, 6) is 0. The molecule has 2 aromatic rings. The number of aryl methyl sites for hydroxylation is 2. The van der Waals surface area contributed by atoms with Crippen molar-refractivity contribution in [3.8, 4) is 0 Å². The van der Waals surface area contributed by atoms with Crippen LogP contribution in [0.5, 0.6) is 0 Å². The first-order valence-corrected chi connectivity index (χ1v) is 6.68. The maximum Gasteiger partial charge on any atom is 0.206 e. The lowest BCUT2D eigenvalue weighted by Gasteiger charge is -2.15. The van der Waals surface area contributed by atoms with E-state index in [0.717, 1.165) is 13.1 Å². The minimum absolute atomic E-state index is 0.985. The molecular weight excluding hydrogens is 232 g/mol. The predicted octanol–water partition coefficient (Wildman–Crippen LogP) is 3.37. The molecule has 1 aliphatic rings. The third-order valence-electron chi connectivity index (χ3n) is 3.60. The second-order valence-electron chi connectivity index (χ2n) is 4.98. The highest BCUT2D eigenvalue weighted by molar-refractivity contribution is 5.79. The summed E-state index contributed by atoms with van der Waals surface area (Å²) in [4.78, 5) is 2.21. The average Bonchev–Trinajstić information content (AvgIpc) is 2.89. The molecule has 0 N–H and O–H groups in total. The standard InChI is InChI=1S/C17H18N2/c1-14-7-3-5-9-16(14)18-11-12-19(13-18)17-10-6-4-8-15(17)2/h3-10H,11-12H2,1-2H3. The molecule has 0 saturated heterocycles. The van der Waals surface area contributed by atoms with E-state index in [2.05, 4.69) is 78.2 Å². The molecule has 0 saturated carbocycles. The molecule has 0 fully saturated rings. The Morgan fingerprint density at radius 3 is 2.37 bits per heavy atom. The highest BCUT2D eigenvalue weighted by atomic mass is 15.3. The van der Waals surface area contributed by atoms with Gasteiger partial charge < -0.3 is 9.48 Å². The van der Waals surface area contributed by atoms with Crippen LogP contribution in [0.25, 0.3) is 0 Å². The SMILES string of the molecule is Cc1ccccc1N1[C-]=[N+](c2ccccc2C)CC1. The van der Waals surface area contributed by atoms with Gasteiger partial charge in [0.1, 0.15) is 13.1 Å². The Kier molecular flexibility index (Phi) is 3.08. The van der Waals surface area contributed by atoms with Crippen LogP contribution in [0.1, 0.15) is 11.1 Å². The van der Waals surface area contributed by atoms with Crippen molar-refractivity contribution in [3.63, 3.8) is 0 Å². The van der Waals surface area contributed by atoms with Crippen LogP contribution >= 0.6 is 0 Å². The minimum atomic E-state index is 0.985. The van der Waals surface area contributed by atoms with Crippen molar-refractivity contribution in [1.29, 1.82) is 0 Å². The second kappa shape index (κ2) is 4.88. The number of nitrogens with zero attached hydrogens (tertiary/aromatic N) is 2. The van der Waals surface area contributed by atoms with Gasteiger partial charge in [-0.3, -0.25) is 0 Å². The monoisotopic (exact) mass is 250 g/mol. The van der Waals surface area contributed by atoms with E-state index in [4.69, 9.17) is 0 Å². The first-order chi connectivity index (χ1) is 9.25. The molecule has 0 aromatic heterocycles. The van der Waals surface area contributed by atoms with Crippen LogP contribution < -0.4 is 4.90 Å². The van der Waals surface area contributed by atoms with Crippen LogP contribution in [0.2, 0.25) is 0 Å². The van der Waals surface area contributed by atoms with Gasteiger partial charge in [-0.1, -0.05) is 59.7 Å². The molecule has 3 rings (SSSR count). The Morgan fingerprint density at radius 2 is 1.63 bits per heavy atom. The Bertz CT molecular complexity index is 629. The molecule has 96 valence electrons. The van der Waals surface area contributed by atoms with Gasteiger partial charge in [-0.2, -0.15) is 0 Å². The van der Waals surface area contributed by atoms with Crippen molar-refractivity contribution >= 4 is 17.7 Å². The Balaban J connectivity index is 1.94. The molecule has 0 unspecified atom stereocenters. The minimum Gasteiger partial charge on any atom is -0.333 e. The van der Waals surface area contributed by atoms with E-state index in [-0.39, 0.29) is 0 Å². The molecule has 1 heterocycles. The summed E-state index contributed by atoms with van der Waals surface area (Å²) in [5.41, 5.74) is 5.08. The smallest absolute Gasteiger partial charge is 0.206 e.